The fourth-order valence-electron chi connectivity index (χ4n) is 2.30. The van der Waals surface area contributed by atoms with Crippen molar-refractivity contribution in [3.8, 4) is 0 Å². The third-order valence-corrected chi connectivity index (χ3v) is 3.75. The van der Waals surface area contributed by atoms with Gasteiger partial charge in [-0.25, -0.2) is 0 Å². The molecule has 7 heteroatoms. The third kappa shape index (κ3) is 4.74. The molecule has 1 aliphatic rings. The molecule has 1 fully saturated rings. The van der Waals surface area contributed by atoms with Gasteiger partial charge in [-0.15, -0.1) is 12.4 Å². The van der Waals surface area contributed by atoms with Crippen LogP contribution in [0.5, 0.6) is 0 Å². The summed E-state index contributed by atoms with van der Waals surface area (Å²) in [6, 6.07) is 2.60. The van der Waals surface area contributed by atoms with Gasteiger partial charge < -0.3 is 20.8 Å². The lowest BCUT2D eigenvalue weighted by Crippen LogP contribution is -2.54. The standard InChI is InChI=1S/C15H23N3O3.ClH/c1-9(2)13(18-14(19)12-4-3-7-21-12)15(20)17-11(8-16)10-5-6-10;/h3-4,7,9-11,13H,5-6,8,16H2,1-2H3,(H,17,20)(H,18,19);1H. The number of nitrogens with one attached hydrogen (secondary N) is 2. The van der Waals surface area contributed by atoms with E-state index in [4.69, 9.17) is 10.2 Å². The SMILES string of the molecule is CC(C)C(NC(=O)c1ccco1)C(=O)NC(CN)C1CC1.Cl. The number of hydrogen-bond donors (Lipinski definition) is 3. The summed E-state index contributed by atoms with van der Waals surface area (Å²) in [5, 5.41) is 5.67. The number of rotatable bonds is 7. The largest absolute Gasteiger partial charge is 0.459 e. The molecule has 22 heavy (non-hydrogen) atoms. The van der Waals surface area contributed by atoms with Crippen LogP contribution in [-0.4, -0.2) is 30.4 Å². The zero-order chi connectivity index (χ0) is 15.4. The van der Waals surface area contributed by atoms with Crippen molar-refractivity contribution in [1.29, 1.82) is 0 Å². The highest BCUT2D eigenvalue weighted by Gasteiger charge is 2.34. The van der Waals surface area contributed by atoms with Gasteiger partial charge in [0.05, 0.1) is 6.26 Å². The highest BCUT2D eigenvalue weighted by Crippen LogP contribution is 2.32. The first-order valence-corrected chi connectivity index (χ1v) is 7.37. The first-order valence-electron chi connectivity index (χ1n) is 7.37. The van der Waals surface area contributed by atoms with Gasteiger partial charge in [0, 0.05) is 12.6 Å². The Morgan fingerprint density at radius 2 is 2.05 bits per heavy atom. The minimum absolute atomic E-state index is 0. The van der Waals surface area contributed by atoms with E-state index in [-0.39, 0.29) is 41.9 Å². The minimum atomic E-state index is -0.601. The van der Waals surface area contributed by atoms with Gasteiger partial charge in [0.2, 0.25) is 5.91 Å². The number of hydrogen-bond acceptors (Lipinski definition) is 4. The lowest BCUT2D eigenvalue weighted by molar-refractivity contribution is -0.124. The van der Waals surface area contributed by atoms with Crippen molar-refractivity contribution in [2.75, 3.05) is 6.54 Å². The molecule has 1 aliphatic carbocycles. The minimum Gasteiger partial charge on any atom is -0.459 e. The fourth-order valence-corrected chi connectivity index (χ4v) is 2.30. The van der Waals surface area contributed by atoms with Crippen molar-refractivity contribution in [2.45, 2.75) is 38.8 Å². The third-order valence-electron chi connectivity index (χ3n) is 3.75. The first kappa shape index (κ1) is 18.5. The molecular formula is C15H24ClN3O3. The summed E-state index contributed by atoms with van der Waals surface area (Å²) in [4.78, 5) is 24.4. The molecule has 2 atom stereocenters. The van der Waals surface area contributed by atoms with Crippen LogP contribution in [0, 0.1) is 11.8 Å². The van der Waals surface area contributed by atoms with Crippen LogP contribution >= 0.6 is 12.4 Å². The molecule has 0 radical (unpaired) electrons. The Balaban J connectivity index is 0.00000242. The highest BCUT2D eigenvalue weighted by molar-refractivity contribution is 5.95. The molecule has 2 amide bonds. The fraction of sp³-hybridized carbons (Fsp3) is 0.600. The van der Waals surface area contributed by atoms with Crippen LogP contribution in [-0.2, 0) is 4.79 Å². The number of amides is 2. The van der Waals surface area contributed by atoms with E-state index in [9.17, 15) is 9.59 Å². The molecule has 1 saturated carbocycles. The lowest BCUT2D eigenvalue weighted by Gasteiger charge is -2.24. The second-order valence-corrected chi connectivity index (χ2v) is 5.86. The first-order chi connectivity index (χ1) is 10.0. The average Bonchev–Trinajstić information content (AvgIpc) is 3.14. The number of nitrogens with two attached hydrogens (primary N) is 1. The second-order valence-electron chi connectivity index (χ2n) is 5.86. The molecule has 1 aromatic heterocycles. The van der Waals surface area contributed by atoms with Crippen LogP contribution in [0.3, 0.4) is 0 Å². The zero-order valence-electron chi connectivity index (χ0n) is 12.9. The Morgan fingerprint density at radius 1 is 1.36 bits per heavy atom. The van der Waals surface area contributed by atoms with Crippen molar-refractivity contribution in [1.82, 2.24) is 10.6 Å². The summed E-state index contributed by atoms with van der Waals surface area (Å²) < 4.78 is 5.04. The van der Waals surface area contributed by atoms with E-state index in [2.05, 4.69) is 10.6 Å². The van der Waals surface area contributed by atoms with E-state index < -0.39 is 6.04 Å². The maximum absolute atomic E-state index is 12.4. The van der Waals surface area contributed by atoms with Gasteiger partial charge in [-0.3, -0.25) is 9.59 Å². The smallest absolute Gasteiger partial charge is 0.287 e. The van der Waals surface area contributed by atoms with E-state index in [0.717, 1.165) is 12.8 Å². The van der Waals surface area contributed by atoms with E-state index in [1.807, 2.05) is 13.8 Å². The number of furan rings is 1. The molecule has 124 valence electrons. The zero-order valence-corrected chi connectivity index (χ0v) is 13.7. The molecule has 1 aromatic rings. The van der Waals surface area contributed by atoms with Crippen LogP contribution in [0.4, 0.5) is 0 Å². The highest BCUT2D eigenvalue weighted by atomic mass is 35.5. The Hall–Kier alpha value is -1.53. The molecule has 0 bridgehead atoms. The van der Waals surface area contributed by atoms with E-state index in [0.29, 0.717) is 12.5 Å². The molecule has 0 aliphatic heterocycles. The number of carbonyl (C=O) groups is 2. The van der Waals surface area contributed by atoms with Gasteiger partial charge in [0.15, 0.2) is 5.76 Å². The van der Waals surface area contributed by atoms with Crippen molar-refractivity contribution >= 4 is 24.2 Å². The average molecular weight is 330 g/mol. The topological polar surface area (TPSA) is 97.4 Å². The maximum atomic E-state index is 12.4. The lowest BCUT2D eigenvalue weighted by atomic mass is 10.0. The number of carbonyl (C=O) groups excluding carboxylic acids is 2. The van der Waals surface area contributed by atoms with Crippen molar-refractivity contribution < 1.29 is 14.0 Å². The molecule has 0 aromatic carbocycles. The van der Waals surface area contributed by atoms with E-state index in [1.54, 1.807) is 12.1 Å². The van der Waals surface area contributed by atoms with Crippen LogP contribution in [0.15, 0.2) is 22.8 Å². The Labute approximate surface area is 136 Å². The van der Waals surface area contributed by atoms with Gasteiger partial charge in [-0.2, -0.15) is 0 Å². The van der Waals surface area contributed by atoms with Crippen molar-refractivity contribution in [3.05, 3.63) is 24.2 Å². The summed E-state index contributed by atoms with van der Waals surface area (Å²) in [7, 11) is 0. The summed E-state index contributed by atoms with van der Waals surface area (Å²) in [6.45, 7) is 4.20. The van der Waals surface area contributed by atoms with Crippen molar-refractivity contribution in [2.24, 2.45) is 17.6 Å². The summed E-state index contributed by atoms with van der Waals surface area (Å²) in [6.07, 6.45) is 3.64. The Morgan fingerprint density at radius 3 is 2.50 bits per heavy atom. The maximum Gasteiger partial charge on any atom is 0.287 e. The summed E-state index contributed by atoms with van der Waals surface area (Å²) in [5.74, 6) is 0.0805. The molecular weight excluding hydrogens is 306 g/mol. The van der Waals surface area contributed by atoms with Crippen LogP contribution in [0.1, 0.15) is 37.2 Å². The van der Waals surface area contributed by atoms with Gasteiger partial charge in [0.25, 0.3) is 5.91 Å². The predicted octanol–water partition coefficient (Wildman–Crippen LogP) is 1.31. The number of halogens is 1. The Bertz CT molecular complexity index is 486. The summed E-state index contributed by atoms with van der Waals surface area (Å²) in [5.41, 5.74) is 5.70. The molecule has 4 N–H and O–H groups in total. The van der Waals surface area contributed by atoms with Gasteiger partial charge in [-0.05, 0) is 36.8 Å². The van der Waals surface area contributed by atoms with E-state index in [1.165, 1.54) is 6.26 Å². The summed E-state index contributed by atoms with van der Waals surface area (Å²) >= 11 is 0. The molecule has 2 unspecified atom stereocenters. The van der Waals surface area contributed by atoms with Crippen molar-refractivity contribution in [3.63, 3.8) is 0 Å². The molecule has 0 spiro atoms. The van der Waals surface area contributed by atoms with Gasteiger partial charge in [-0.1, -0.05) is 13.8 Å². The van der Waals surface area contributed by atoms with Crippen LogP contribution in [0.25, 0.3) is 0 Å². The van der Waals surface area contributed by atoms with E-state index >= 15 is 0 Å². The van der Waals surface area contributed by atoms with Crippen LogP contribution in [0.2, 0.25) is 0 Å². The van der Waals surface area contributed by atoms with Gasteiger partial charge >= 0.3 is 0 Å². The molecule has 6 nitrogen and oxygen atoms in total. The molecule has 2 rings (SSSR count). The van der Waals surface area contributed by atoms with Gasteiger partial charge in [0.1, 0.15) is 6.04 Å². The molecule has 1 heterocycles. The second kappa shape index (κ2) is 8.19. The monoisotopic (exact) mass is 329 g/mol. The Kier molecular flexibility index (Phi) is 6.90. The predicted molar refractivity (Wildman–Crippen MR) is 85.8 cm³/mol. The quantitative estimate of drug-likeness (QED) is 0.702. The van der Waals surface area contributed by atoms with Crippen LogP contribution < -0.4 is 16.4 Å². The molecule has 0 saturated heterocycles. The normalized spacial score (nSPS) is 16.5.